The van der Waals surface area contributed by atoms with Crippen LogP contribution in [0.4, 0.5) is 0 Å². The molecule has 0 saturated heterocycles. The standard InChI is InChI=1S/C19H27N3O3/c1-13-16(14(2)22(4)20-13)12-19(23)21(3)10-9-15-7-8-17(24-5)18(11-15)25-6/h7-8,11H,9-10,12H2,1-6H3. The van der Waals surface area contributed by atoms with Crippen molar-refractivity contribution < 1.29 is 14.3 Å². The number of likely N-dealkylation sites (N-methyl/N-ethyl adjacent to an activating group) is 1. The Balaban J connectivity index is 1.97. The van der Waals surface area contributed by atoms with E-state index in [-0.39, 0.29) is 5.91 Å². The highest BCUT2D eigenvalue weighted by Crippen LogP contribution is 2.27. The van der Waals surface area contributed by atoms with Gasteiger partial charge in [0.05, 0.1) is 26.3 Å². The quantitative estimate of drug-likeness (QED) is 0.773. The first-order valence-corrected chi connectivity index (χ1v) is 8.31. The summed E-state index contributed by atoms with van der Waals surface area (Å²) in [5.74, 6) is 1.51. The molecular formula is C19H27N3O3. The van der Waals surface area contributed by atoms with Crippen LogP contribution in [0.3, 0.4) is 0 Å². The van der Waals surface area contributed by atoms with Crippen LogP contribution in [0.2, 0.25) is 0 Å². The van der Waals surface area contributed by atoms with E-state index in [1.807, 2.05) is 50.8 Å². The van der Waals surface area contributed by atoms with Gasteiger partial charge in [0.15, 0.2) is 11.5 Å². The molecule has 0 bridgehead atoms. The van der Waals surface area contributed by atoms with Crippen LogP contribution < -0.4 is 9.47 Å². The zero-order valence-electron chi connectivity index (χ0n) is 15.9. The molecule has 0 radical (unpaired) electrons. The molecule has 0 aliphatic rings. The third-order valence-corrected chi connectivity index (χ3v) is 4.60. The highest BCUT2D eigenvalue weighted by atomic mass is 16.5. The van der Waals surface area contributed by atoms with E-state index in [2.05, 4.69) is 5.10 Å². The van der Waals surface area contributed by atoms with Gasteiger partial charge >= 0.3 is 0 Å². The molecule has 6 heteroatoms. The first-order valence-electron chi connectivity index (χ1n) is 8.31. The summed E-state index contributed by atoms with van der Waals surface area (Å²) in [4.78, 5) is 14.3. The molecule has 0 N–H and O–H groups in total. The second-order valence-corrected chi connectivity index (χ2v) is 6.20. The number of benzene rings is 1. The van der Waals surface area contributed by atoms with Gasteiger partial charge in [-0.2, -0.15) is 5.10 Å². The number of hydrogen-bond acceptors (Lipinski definition) is 4. The van der Waals surface area contributed by atoms with Gasteiger partial charge in [-0.05, 0) is 38.0 Å². The Morgan fingerprint density at radius 2 is 1.88 bits per heavy atom. The summed E-state index contributed by atoms with van der Waals surface area (Å²) in [5.41, 5.74) is 4.08. The number of amides is 1. The van der Waals surface area contributed by atoms with Crippen LogP contribution in [0, 0.1) is 13.8 Å². The van der Waals surface area contributed by atoms with Crippen LogP contribution in [0.15, 0.2) is 18.2 Å². The van der Waals surface area contributed by atoms with E-state index < -0.39 is 0 Å². The molecule has 0 atom stereocenters. The van der Waals surface area contributed by atoms with Crippen molar-refractivity contribution in [2.24, 2.45) is 7.05 Å². The van der Waals surface area contributed by atoms with Crippen LogP contribution in [0.1, 0.15) is 22.5 Å². The Labute approximate surface area is 149 Å². The van der Waals surface area contributed by atoms with Gasteiger partial charge in [0, 0.05) is 31.9 Å². The van der Waals surface area contributed by atoms with Crippen LogP contribution in [0.5, 0.6) is 11.5 Å². The Morgan fingerprint density at radius 1 is 1.20 bits per heavy atom. The number of nitrogens with zero attached hydrogens (tertiary/aromatic N) is 3. The Hall–Kier alpha value is -2.50. The number of aromatic nitrogens is 2. The molecule has 1 aromatic carbocycles. The average Bonchev–Trinajstić information content (AvgIpc) is 2.85. The number of ether oxygens (including phenoxy) is 2. The summed E-state index contributed by atoms with van der Waals surface area (Å²) in [6, 6.07) is 5.83. The van der Waals surface area contributed by atoms with Crippen molar-refractivity contribution in [3.63, 3.8) is 0 Å². The summed E-state index contributed by atoms with van der Waals surface area (Å²) in [6.07, 6.45) is 1.14. The lowest BCUT2D eigenvalue weighted by Gasteiger charge is -2.18. The molecule has 0 unspecified atom stereocenters. The van der Waals surface area contributed by atoms with E-state index in [1.165, 1.54) is 0 Å². The van der Waals surface area contributed by atoms with Crippen LogP contribution in [-0.4, -0.2) is 48.4 Å². The zero-order chi connectivity index (χ0) is 18.6. The smallest absolute Gasteiger partial charge is 0.226 e. The van der Waals surface area contributed by atoms with Crippen LogP contribution in [-0.2, 0) is 24.7 Å². The van der Waals surface area contributed by atoms with Gasteiger partial charge in [-0.3, -0.25) is 9.48 Å². The molecule has 0 saturated carbocycles. The van der Waals surface area contributed by atoms with Crippen molar-refractivity contribution in [3.05, 3.63) is 40.7 Å². The molecule has 2 rings (SSSR count). The summed E-state index contributed by atoms with van der Waals surface area (Å²) in [6.45, 7) is 4.58. The molecule has 1 heterocycles. The average molecular weight is 345 g/mol. The molecule has 0 aliphatic carbocycles. The number of methoxy groups -OCH3 is 2. The summed E-state index contributed by atoms with van der Waals surface area (Å²) in [7, 11) is 6.98. The Kier molecular flexibility index (Phi) is 6.07. The number of rotatable bonds is 7. The lowest BCUT2D eigenvalue weighted by Crippen LogP contribution is -2.30. The zero-order valence-corrected chi connectivity index (χ0v) is 15.9. The topological polar surface area (TPSA) is 56.6 Å². The van der Waals surface area contributed by atoms with Gasteiger partial charge < -0.3 is 14.4 Å². The maximum atomic E-state index is 12.5. The second-order valence-electron chi connectivity index (χ2n) is 6.20. The van der Waals surface area contributed by atoms with Crippen molar-refractivity contribution in [2.45, 2.75) is 26.7 Å². The van der Waals surface area contributed by atoms with E-state index in [0.29, 0.717) is 24.5 Å². The van der Waals surface area contributed by atoms with Gasteiger partial charge in [0.1, 0.15) is 0 Å². The minimum Gasteiger partial charge on any atom is -0.493 e. The fraction of sp³-hybridized carbons (Fsp3) is 0.474. The second kappa shape index (κ2) is 8.05. The molecule has 0 spiro atoms. The minimum absolute atomic E-state index is 0.0969. The molecule has 0 aliphatic heterocycles. The first-order chi connectivity index (χ1) is 11.9. The Bertz CT molecular complexity index is 753. The van der Waals surface area contributed by atoms with Crippen LogP contribution >= 0.6 is 0 Å². The van der Waals surface area contributed by atoms with Gasteiger partial charge in [0.25, 0.3) is 0 Å². The molecule has 1 aromatic heterocycles. The summed E-state index contributed by atoms with van der Waals surface area (Å²) >= 11 is 0. The lowest BCUT2D eigenvalue weighted by molar-refractivity contribution is -0.129. The third-order valence-electron chi connectivity index (χ3n) is 4.60. The molecule has 0 fully saturated rings. The largest absolute Gasteiger partial charge is 0.493 e. The van der Waals surface area contributed by atoms with E-state index in [9.17, 15) is 4.79 Å². The predicted molar refractivity (Wildman–Crippen MR) is 97.3 cm³/mol. The van der Waals surface area contributed by atoms with Crippen LogP contribution in [0.25, 0.3) is 0 Å². The Morgan fingerprint density at radius 3 is 2.44 bits per heavy atom. The van der Waals surface area contributed by atoms with Crippen molar-refractivity contribution in [1.29, 1.82) is 0 Å². The molecule has 1 amide bonds. The van der Waals surface area contributed by atoms with Crippen molar-refractivity contribution in [1.82, 2.24) is 14.7 Å². The van der Waals surface area contributed by atoms with Gasteiger partial charge in [-0.25, -0.2) is 0 Å². The van der Waals surface area contributed by atoms with Gasteiger partial charge in [-0.1, -0.05) is 6.07 Å². The third kappa shape index (κ3) is 4.32. The maximum absolute atomic E-state index is 12.5. The summed E-state index contributed by atoms with van der Waals surface area (Å²) in [5, 5.41) is 4.37. The highest BCUT2D eigenvalue weighted by molar-refractivity contribution is 5.79. The van der Waals surface area contributed by atoms with E-state index in [4.69, 9.17) is 9.47 Å². The van der Waals surface area contributed by atoms with E-state index in [0.717, 1.165) is 28.9 Å². The molecule has 25 heavy (non-hydrogen) atoms. The maximum Gasteiger partial charge on any atom is 0.226 e. The molecule has 136 valence electrons. The minimum atomic E-state index is 0.0969. The monoisotopic (exact) mass is 345 g/mol. The van der Waals surface area contributed by atoms with Gasteiger partial charge in [-0.15, -0.1) is 0 Å². The van der Waals surface area contributed by atoms with Crippen molar-refractivity contribution in [2.75, 3.05) is 27.8 Å². The van der Waals surface area contributed by atoms with E-state index in [1.54, 1.807) is 19.1 Å². The fourth-order valence-corrected chi connectivity index (χ4v) is 2.82. The molecule has 6 nitrogen and oxygen atoms in total. The first kappa shape index (κ1) is 18.8. The SMILES string of the molecule is COc1ccc(CCN(C)C(=O)Cc2c(C)nn(C)c2C)cc1OC. The predicted octanol–water partition coefficient (Wildman–Crippen LogP) is 2.30. The molecular weight excluding hydrogens is 318 g/mol. The lowest BCUT2D eigenvalue weighted by atomic mass is 10.1. The van der Waals surface area contributed by atoms with Crippen molar-refractivity contribution in [3.8, 4) is 11.5 Å². The van der Waals surface area contributed by atoms with Gasteiger partial charge in [0.2, 0.25) is 5.91 Å². The normalized spacial score (nSPS) is 10.6. The number of aryl methyl sites for hydroxylation is 2. The highest BCUT2D eigenvalue weighted by Gasteiger charge is 2.16. The number of hydrogen-bond donors (Lipinski definition) is 0. The number of carbonyl (C=O) groups excluding carboxylic acids is 1. The fourth-order valence-electron chi connectivity index (χ4n) is 2.82. The van der Waals surface area contributed by atoms with E-state index >= 15 is 0 Å². The summed E-state index contributed by atoms with van der Waals surface area (Å²) < 4.78 is 12.4. The molecule has 2 aromatic rings. The van der Waals surface area contributed by atoms with Crippen molar-refractivity contribution >= 4 is 5.91 Å². The number of carbonyl (C=O) groups is 1.